The molecule has 3 aromatic carbocycles. The molecule has 0 saturated carbocycles. The fourth-order valence-electron chi connectivity index (χ4n) is 5.99. The highest BCUT2D eigenvalue weighted by Crippen LogP contribution is 2.39. The van der Waals surface area contributed by atoms with Crippen LogP contribution in [0.25, 0.3) is 10.9 Å². The topological polar surface area (TPSA) is 90.4 Å². The van der Waals surface area contributed by atoms with Gasteiger partial charge in [-0.3, -0.25) is 19.5 Å². The van der Waals surface area contributed by atoms with Crippen molar-refractivity contribution >= 4 is 28.3 Å². The summed E-state index contributed by atoms with van der Waals surface area (Å²) in [6, 6.07) is 15.1. The molecule has 1 aromatic heterocycles. The summed E-state index contributed by atoms with van der Waals surface area (Å²) >= 11 is 0. The van der Waals surface area contributed by atoms with Gasteiger partial charge in [0.2, 0.25) is 5.91 Å². The van der Waals surface area contributed by atoms with Crippen LogP contribution < -0.4 is 19.1 Å². The largest absolute Gasteiger partial charge is 0.493 e. The van der Waals surface area contributed by atoms with Crippen molar-refractivity contribution in [1.29, 1.82) is 0 Å². The number of carbonyl (C=O) groups excluding carboxylic acids is 2. The number of ether oxygens (including phenoxy) is 4. The zero-order valence-electron chi connectivity index (χ0n) is 26.5. The average Bonchev–Trinajstić information content (AvgIpc) is 3.39. The second kappa shape index (κ2) is 14.0. The molecular formula is C36H37F2N3O6. The Kier molecular flexibility index (Phi) is 9.65. The Balaban J connectivity index is 1.11. The van der Waals surface area contributed by atoms with E-state index in [1.54, 1.807) is 44.5 Å². The highest BCUT2D eigenvalue weighted by molar-refractivity contribution is 6.14. The molecule has 2 aliphatic rings. The van der Waals surface area contributed by atoms with Gasteiger partial charge < -0.3 is 23.8 Å². The van der Waals surface area contributed by atoms with E-state index in [4.69, 9.17) is 18.9 Å². The number of morpholine rings is 1. The summed E-state index contributed by atoms with van der Waals surface area (Å²) in [5, 5.41) is 0.613. The summed E-state index contributed by atoms with van der Waals surface area (Å²) in [5.41, 5.74) is 0.286. The molecule has 2 fully saturated rings. The van der Waals surface area contributed by atoms with Gasteiger partial charge in [0.15, 0.2) is 28.8 Å². The molecule has 0 radical (unpaired) electrons. The molecule has 0 N–H and O–H groups in total. The number of pyridine rings is 1. The molecule has 3 heterocycles. The fraction of sp³-hybridized carbons (Fsp3) is 0.361. The third-order valence-corrected chi connectivity index (χ3v) is 8.85. The van der Waals surface area contributed by atoms with E-state index in [0.29, 0.717) is 59.0 Å². The number of ketones is 1. The van der Waals surface area contributed by atoms with Gasteiger partial charge in [-0.15, -0.1) is 0 Å². The van der Waals surface area contributed by atoms with Crippen LogP contribution >= 0.6 is 0 Å². The first kappa shape index (κ1) is 32.3. The maximum atomic E-state index is 15.4. The molecule has 246 valence electrons. The van der Waals surface area contributed by atoms with E-state index in [9.17, 15) is 14.0 Å². The second-order valence-corrected chi connectivity index (χ2v) is 12.0. The summed E-state index contributed by atoms with van der Waals surface area (Å²) in [6.07, 6.45) is 2.61. The zero-order valence-corrected chi connectivity index (χ0v) is 26.5. The average molecular weight is 646 g/mol. The van der Waals surface area contributed by atoms with Crippen molar-refractivity contribution in [1.82, 2.24) is 9.88 Å². The number of benzene rings is 3. The van der Waals surface area contributed by atoms with E-state index in [1.807, 2.05) is 0 Å². The van der Waals surface area contributed by atoms with E-state index in [1.165, 1.54) is 41.3 Å². The number of hydrogen-bond acceptors (Lipinski definition) is 8. The SMILES string of the molecule is COc1cc2c(Oc3ccc(CC(=O)C4(C)CCN(c5ccc(F)cc5)C4=O)cc3F)ccnc2cc1OCCCN1CCOCC1. The predicted molar refractivity (Wildman–Crippen MR) is 172 cm³/mol. The van der Waals surface area contributed by atoms with Crippen molar-refractivity contribution in [3.8, 4) is 23.0 Å². The molecule has 4 aromatic rings. The highest BCUT2D eigenvalue weighted by atomic mass is 19.1. The van der Waals surface area contributed by atoms with Crippen LogP contribution in [0.4, 0.5) is 14.5 Å². The minimum absolute atomic E-state index is 0.0262. The van der Waals surface area contributed by atoms with Gasteiger partial charge in [-0.05, 0) is 73.9 Å². The van der Waals surface area contributed by atoms with E-state index < -0.39 is 17.0 Å². The Labute approximate surface area is 272 Å². The fourth-order valence-corrected chi connectivity index (χ4v) is 5.99. The minimum Gasteiger partial charge on any atom is -0.493 e. The van der Waals surface area contributed by atoms with E-state index in [0.717, 1.165) is 39.3 Å². The van der Waals surface area contributed by atoms with Crippen molar-refractivity contribution in [2.24, 2.45) is 5.41 Å². The smallest absolute Gasteiger partial charge is 0.240 e. The second-order valence-electron chi connectivity index (χ2n) is 12.0. The maximum absolute atomic E-state index is 15.4. The minimum atomic E-state index is -1.26. The number of amides is 1. The molecule has 2 aliphatic heterocycles. The standard InChI is InChI=1S/C36H37F2N3O6/c1-36(11-14-41(35(36)43)26-7-5-25(37)6-8-26)34(42)21-24-4-9-31(28(38)20-24)47-30-10-12-39-29-23-33(32(44-2)22-27(29)30)46-17-3-13-40-15-18-45-19-16-40/h4-10,12,20,22-23H,3,11,13-19,21H2,1-2H3. The Hall–Kier alpha value is -4.61. The van der Waals surface area contributed by atoms with Crippen molar-refractivity contribution in [2.45, 2.75) is 26.2 Å². The van der Waals surface area contributed by atoms with Crippen molar-refractivity contribution < 1.29 is 37.3 Å². The van der Waals surface area contributed by atoms with Gasteiger partial charge in [0.1, 0.15) is 17.0 Å². The van der Waals surface area contributed by atoms with Crippen LogP contribution in [-0.2, 0) is 20.7 Å². The summed E-state index contributed by atoms with van der Waals surface area (Å²) in [4.78, 5) is 34.9. The number of fused-ring (bicyclic) bond motifs is 1. The van der Waals surface area contributed by atoms with E-state index in [-0.39, 0.29) is 23.9 Å². The van der Waals surface area contributed by atoms with Crippen LogP contribution in [0.2, 0.25) is 0 Å². The lowest BCUT2D eigenvalue weighted by Gasteiger charge is -2.26. The number of Topliss-reactive ketones (excluding diaryl/α,β-unsaturated/α-hetero) is 1. The van der Waals surface area contributed by atoms with Crippen LogP contribution in [0.1, 0.15) is 25.3 Å². The van der Waals surface area contributed by atoms with Gasteiger partial charge >= 0.3 is 0 Å². The van der Waals surface area contributed by atoms with Crippen LogP contribution in [0.5, 0.6) is 23.0 Å². The van der Waals surface area contributed by atoms with E-state index >= 15 is 4.39 Å². The number of anilines is 1. The van der Waals surface area contributed by atoms with Gasteiger partial charge in [0.05, 0.1) is 32.4 Å². The number of hydrogen-bond donors (Lipinski definition) is 0. The van der Waals surface area contributed by atoms with Crippen LogP contribution in [0, 0.1) is 17.0 Å². The lowest BCUT2D eigenvalue weighted by Crippen LogP contribution is -2.39. The first-order chi connectivity index (χ1) is 22.7. The summed E-state index contributed by atoms with van der Waals surface area (Å²) in [6.45, 7) is 6.73. The summed E-state index contributed by atoms with van der Waals surface area (Å²) < 4.78 is 51.8. The third-order valence-electron chi connectivity index (χ3n) is 8.85. The Bertz CT molecular complexity index is 1760. The normalized spacial score (nSPS) is 18.5. The van der Waals surface area contributed by atoms with Gasteiger partial charge in [-0.1, -0.05) is 6.07 Å². The summed E-state index contributed by atoms with van der Waals surface area (Å²) in [7, 11) is 1.55. The number of halogens is 2. The first-order valence-corrected chi connectivity index (χ1v) is 15.7. The maximum Gasteiger partial charge on any atom is 0.240 e. The Morgan fingerprint density at radius 2 is 1.74 bits per heavy atom. The molecule has 1 amide bonds. The van der Waals surface area contributed by atoms with Crippen LogP contribution in [0.3, 0.4) is 0 Å². The molecule has 0 aliphatic carbocycles. The molecule has 1 unspecified atom stereocenters. The van der Waals surface area contributed by atoms with Crippen LogP contribution in [0.15, 0.2) is 66.9 Å². The monoisotopic (exact) mass is 645 g/mol. The lowest BCUT2D eigenvalue weighted by atomic mass is 9.81. The van der Waals surface area contributed by atoms with Crippen LogP contribution in [-0.4, -0.2) is 74.7 Å². The van der Waals surface area contributed by atoms with Crippen molar-refractivity contribution in [3.63, 3.8) is 0 Å². The zero-order chi connectivity index (χ0) is 33.0. The molecule has 47 heavy (non-hydrogen) atoms. The number of rotatable bonds is 12. The number of aromatic nitrogens is 1. The molecule has 6 rings (SSSR count). The Morgan fingerprint density at radius 3 is 2.49 bits per heavy atom. The van der Waals surface area contributed by atoms with Crippen molar-refractivity contribution in [2.75, 3.05) is 58.0 Å². The van der Waals surface area contributed by atoms with Gasteiger partial charge in [-0.25, -0.2) is 8.78 Å². The lowest BCUT2D eigenvalue weighted by molar-refractivity contribution is -0.136. The van der Waals surface area contributed by atoms with Gasteiger partial charge in [0, 0.05) is 55.9 Å². The number of methoxy groups -OCH3 is 1. The predicted octanol–water partition coefficient (Wildman–Crippen LogP) is 5.97. The molecule has 1 atom stereocenters. The van der Waals surface area contributed by atoms with Gasteiger partial charge in [0.25, 0.3) is 0 Å². The molecule has 9 nitrogen and oxygen atoms in total. The Morgan fingerprint density at radius 1 is 0.957 bits per heavy atom. The highest BCUT2D eigenvalue weighted by Gasteiger charge is 2.48. The molecule has 11 heteroatoms. The molecule has 0 spiro atoms. The number of carbonyl (C=O) groups is 2. The summed E-state index contributed by atoms with van der Waals surface area (Å²) in [5.74, 6) is -0.311. The first-order valence-electron chi connectivity index (χ1n) is 15.7. The van der Waals surface area contributed by atoms with Gasteiger partial charge in [-0.2, -0.15) is 0 Å². The quantitative estimate of drug-likeness (QED) is 0.138. The molecule has 0 bridgehead atoms. The number of nitrogens with zero attached hydrogens (tertiary/aromatic N) is 3. The van der Waals surface area contributed by atoms with Crippen molar-refractivity contribution in [3.05, 3.63) is 84.1 Å². The van der Waals surface area contributed by atoms with E-state index in [2.05, 4.69) is 9.88 Å². The third kappa shape index (κ3) is 7.06. The molecule has 2 saturated heterocycles. The molecular weight excluding hydrogens is 608 g/mol.